The molecule has 2 rings (SSSR count). The van der Waals surface area contributed by atoms with E-state index in [2.05, 4.69) is 19.9 Å². The maximum absolute atomic E-state index is 5.82. The number of rotatable bonds is 2. The molecule has 0 fully saturated rings. The van der Waals surface area contributed by atoms with E-state index in [1.54, 1.807) is 24.8 Å². The molecule has 0 bridgehead atoms. The van der Waals surface area contributed by atoms with Gasteiger partial charge in [-0.3, -0.25) is 0 Å². The Bertz CT molecular complexity index is 293. The van der Waals surface area contributed by atoms with Crippen LogP contribution < -0.4 is 5.73 Å². The molecule has 0 saturated heterocycles. The summed E-state index contributed by atoms with van der Waals surface area (Å²) >= 11 is 0. The van der Waals surface area contributed by atoms with E-state index in [4.69, 9.17) is 5.73 Å². The molecule has 1 radical (unpaired) electrons. The van der Waals surface area contributed by atoms with Gasteiger partial charge in [-0.25, -0.2) is 9.97 Å². The Morgan fingerprint density at radius 1 is 1.08 bits per heavy atom. The summed E-state index contributed by atoms with van der Waals surface area (Å²) in [6, 6.07) is -0.296. The Morgan fingerprint density at radius 2 is 1.54 bits per heavy atom. The summed E-state index contributed by atoms with van der Waals surface area (Å²) in [5, 5.41) is 0. The third-order valence-electron chi connectivity index (χ3n) is 1.63. The molecule has 0 atom stereocenters. The Hall–Kier alpha value is -0.958. The monoisotopic (exact) mass is 350 g/mol. The molecule has 4 N–H and O–H groups in total. The van der Waals surface area contributed by atoms with E-state index in [9.17, 15) is 0 Å². The maximum atomic E-state index is 5.82. The smallest absolute Gasteiger partial charge is 0.130 e. The molecule has 69 valence electrons. The summed E-state index contributed by atoms with van der Waals surface area (Å²) in [6.45, 7) is 0. The van der Waals surface area contributed by atoms with Crippen LogP contribution in [0.15, 0.2) is 24.8 Å². The van der Waals surface area contributed by atoms with E-state index < -0.39 is 0 Å². The minimum atomic E-state index is -0.296. The second-order valence-corrected chi connectivity index (χ2v) is 2.43. The molecule has 5 nitrogen and oxygen atoms in total. The molecule has 0 aliphatic carbocycles. The SMILES string of the molecule is NC(c1ncc[nH]1)c1ncc[nH]1.[Re]. The van der Waals surface area contributed by atoms with Crippen LogP contribution in [0.25, 0.3) is 0 Å². The molecule has 0 saturated carbocycles. The van der Waals surface area contributed by atoms with Gasteiger partial charge >= 0.3 is 0 Å². The van der Waals surface area contributed by atoms with Crippen LogP contribution in [0.5, 0.6) is 0 Å². The minimum absolute atomic E-state index is 0. The fourth-order valence-electron chi connectivity index (χ4n) is 1.02. The third kappa shape index (κ3) is 2.04. The zero-order valence-electron chi connectivity index (χ0n) is 6.74. The van der Waals surface area contributed by atoms with E-state index >= 15 is 0 Å². The molecule has 0 unspecified atom stereocenters. The number of hydrogen-bond donors (Lipinski definition) is 3. The predicted octanol–water partition coefficient (Wildman–Crippen LogP) is 0.178. The van der Waals surface area contributed by atoms with Crippen molar-refractivity contribution in [1.29, 1.82) is 0 Å². The van der Waals surface area contributed by atoms with Crippen molar-refractivity contribution < 1.29 is 20.4 Å². The van der Waals surface area contributed by atoms with Crippen LogP contribution in [0.2, 0.25) is 0 Å². The Balaban J connectivity index is 0.000000845. The molecular weight excluding hydrogens is 340 g/mol. The van der Waals surface area contributed by atoms with Crippen LogP contribution in [0, 0.1) is 0 Å². The number of hydrogen-bond acceptors (Lipinski definition) is 3. The molecule has 6 heteroatoms. The number of aromatic nitrogens is 4. The summed E-state index contributed by atoms with van der Waals surface area (Å²) in [6.07, 6.45) is 6.80. The summed E-state index contributed by atoms with van der Waals surface area (Å²) < 4.78 is 0. The van der Waals surface area contributed by atoms with Crippen molar-refractivity contribution in [3.63, 3.8) is 0 Å². The van der Waals surface area contributed by atoms with E-state index in [1.807, 2.05) is 0 Å². The predicted molar refractivity (Wildman–Crippen MR) is 43.2 cm³/mol. The quantitative estimate of drug-likeness (QED) is 0.723. The van der Waals surface area contributed by atoms with E-state index in [1.165, 1.54) is 0 Å². The molecule has 2 aromatic rings. The van der Waals surface area contributed by atoms with Crippen molar-refractivity contribution in [3.8, 4) is 0 Å². The maximum Gasteiger partial charge on any atom is 0.130 e. The normalized spacial score (nSPS) is 10.0. The fourth-order valence-corrected chi connectivity index (χ4v) is 1.02. The number of nitrogens with one attached hydrogen (secondary N) is 2. The minimum Gasteiger partial charge on any atom is -0.347 e. The Morgan fingerprint density at radius 3 is 1.85 bits per heavy atom. The van der Waals surface area contributed by atoms with Crippen molar-refractivity contribution in [1.82, 2.24) is 19.9 Å². The van der Waals surface area contributed by atoms with Gasteiger partial charge in [0.05, 0.1) is 0 Å². The van der Waals surface area contributed by atoms with Crippen molar-refractivity contribution >= 4 is 0 Å². The molecule has 0 aliphatic heterocycles. The molecule has 0 amide bonds. The Labute approximate surface area is 88.8 Å². The van der Waals surface area contributed by atoms with Crippen LogP contribution in [-0.2, 0) is 20.4 Å². The van der Waals surface area contributed by atoms with Gasteiger partial charge in [-0.05, 0) is 0 Å². The van der Waals surface area contributed by atoms with Crippen LogP contribution in [0.1, 0.15) is 17.7 Å². The summed E-state index contributed by atoms with van der Waals surface area (Å²) in [4.78, 5) is 13.9. The van der Waals surface area contributed by atoms with Crippen LogP contribution in [0.3, 0.4) is 0 Å². The molecule has 2 heterocycles. The van der Waals surface area contributed by atoms with Crippen LogP contribution in [0.4, 0.5) is 0 Å². The molecule has 0 aliphatic rings. The zero-order valence-corrected chi connectivity index (χ0v) is 9.45. The van der Waals surface area contributed by atoms with Gasteiger partial charge in [-0.1, -0.05) is 0 Å². The summed E-state index contributed by atoms with van der Waals surface area (Å²) in [5.74, 6) is 1.43. The number of nitrogens with zero attached hydrogens (tertiary/aromatic N) is 2. The molecular formula is C7H9N5Re. The van der Waals surface area contributed by atoms with Gasteiger partial charge in [-0.2, -0.15) is 0 Å². The topological polar surface area (TPSA) is 83.4 Å². The first-order valence-electron chi connectivity index (χ1n) is 3.62. The van der Waals surface area contributed by atoms with Crippen LogP contribution >= 0.6 is 0 Å². The van der Waals surface area contributed by atoms with E-state index in [-0.39, 0.29) is 26.5 Å². The average molecular weight is 349 g/mol. The number of nitrogens with two attached hydrogens (primary N) is 1. The third-order valence-corrected chi connectivity index (χ3v) is 1.63. The number of H-pyrrole nitrogens is 2. The Kier molecular flexibility index (Phi) is 3.37. The first-order chi connectivity index (χ1) is 5.88. The fraction of sp³-hybridized carbons (Fsp3) is 0.143. The van der Waals surface area contributed by atoms with Gasteiger partial charge in [0.25, 0.3) is 0 Å². The van der Waals surface area contributed by atoms with Crippen molar-refractivity contribution in [2.75, 3.05) is 0 Å². The van der Waals surface area contributed by atoms with Gasteiger partial charge in [0.2, 0.25) is 0 Å². The van der Waals surface area contributed by atoms with E-state index in [0.717, 1.165) is 0 Å². The second kappa shape index (κ2) is 4.33. The van der Waals surface area contributed by atoms with Gasteiger partial charge in [-0.15, -0.1) is 0 Å². The molecule has 0 aromatic carbocycles. The molecule has 2 aromatic heterocycles. The zero-order chi connectivity index (χ0) is 8.39. The largest absolute Gasteiger partial charge is 0.347 e. The first kappa shape index (κ1) is 10.1. The second-order valence-electron chi connectivity index (χ2n) is 2.43. The average Bonchev–Trinajstić information content (AvgIpc) is 2.77. The first-order valence-corrected chi connectivity index (χ1v) is 3.62. The molecule has 0 spiro atoms. The van der Waals surface area contributed by atoms with Gasteiger partial charge < -0.3 is 15.7 Å². The van der Waals surface area contributed by atoms with Gasteiger partial charge in [0, 0.05) is 45.2 Å². The number of aromatic amines is 2. The number of imidazole rings is 2. The van der Waals surface area contributed by atoms with E-state index in [0.29, 0.717) is 11.6 Å². The van der Waals surface area contributed by atoms with Crippen molar-refractivity contribution in [2.45, 2.75) is 6.04 Å². The van der Waals surface area contributed by atoms with Crippen LogP contribution in [-0.4, -0.2) is 19.9 Å². The summed E-state index contributed by atoms with van der Waals surface area (Å²) in [7, 11) is 0. The summed E-state index contributed by atoms with van der Waals surface area (Å²) in [5.41, 5.74) is 5.82. The molecule has 13 heavy (non-hydrogen) atoms. The standard InChI is InChI=1S/C7H9N5.Re/c8-5(6-9-1-2-10-6)7-11-3-4-12-7;/h1-5H,8H2,(H,9,10)(H,11,12);. The van der Waals surface area contributed by atoms with Gasteiger partial charge in [0.1, 0.15) is 17.7 Å². The van der Waals surface area contributed by atoms with Crippen molar-refractivity contribution in [2.24, 2.45) is 5.73 Å². The van der Waals surface area contributed by atoms with Gasteiger partial charge in [0.15, 0.2) is 0 Å². The van der Waals surface area contributed by atoms with Crippen molar-refractivity contribution in [3.05, 3.63) is 36.4 Å².